The average Bonchev–Trinajstić information content (AvgIpc) is 2.66. The van der Waals surface area contributed by atoms with Gasteiger partial charge in [-0.3, -0.25) is 4.79 Å². The first kappa shape index (κ1) is 20.6. The fourth-order valence-electron chi connectivity index (χ4n) is 3.85. The molecule has 1 N–H and O–H groups in total. The van der Waals surface area contributed by atoms with Gasteiger partial charge in [0.25, 0.3) is 0 Å². The second-order valence-electron chi connectivity index (χ2n) is 7.65. The van der Waals surface area contributed by atoms with Crippen molar-refractivity contribution in [1.82, 2.24) is 9.62 Å². The van der Waals surface area contributed by atoms with Crippen molar-refractivity contribution < 1.29 is 13.2 Å². The number of piperidine rings is 1. The predicted molar refractivity (Wildman–Crippen MR) is 111 cm³/mol. The molecule has 1 aliphatic rings. The summed E-state index contributed by atoms with van der Waals surface area (Å²) >= 11 is 0. The van der Waals surface area contributed by atoms with Crippen LogP contribution in [0.25, 0.3) is 0 Å². The normalized spacial score (nSPS) is 17.2. The first-order valence-corrected chi connectivity index (χ1v) is 11.5. The number of sulfonamides is 1. The largest absolute Gasteiger partial charge is 0.345 e. The van der Waals surface area contributed by atoms with E-state index in [0.29, 0.717) is 25.9 Å². The zero-order chi connectivity index (χ0) is 20.3. The lowest BCUT2D eigenvalue weighted by atomic mass is 9.91. The summed E-state index contributed by atoms with van der Waals surface area (Å²) in [5, 5.41) is 3.23. The highest BCUT2D eigenvalue weighted by Crippen LogP contribution is 2.27. The van der Waals surface area contributed by atoms with Gasteiger partial charge in [-0.15, -0.1) is 0 Å². The van der Waals surface area contributed by atoms with Crippen molar-refractivity contribution >= 4 is 15.9 Å². The lowest BCUT2D eigenvalue weighted by Crippen LogP contribution is -2.43. The smallest absolute Gasteiger partial charge is 0.223 e. The van der Waals surface area contributed by atoms with Crippen LogP contribution in [0.2, 0.25) is 0 Å². The van der Waals surface area contributed by atoms with Gasteiger partial charge in [-0.1, -0.05) is 54.1 Å². The Kier molecular flexibility index (Phi) is 6.20. The van der Waals surface area contributed by atoms with Crippen molar-refractivity contribution in [3.05, 3.63) is 70.8 Å². The molecule has 1 fully saturated rings. The number of carbonyl (C=O) groups is 1. The standard InChI is InChI=1S/C22H28N2O3S/c1-16-9-10-20(17(2)15-16)21(18-7-5-4-6-8-18)23-22(25)19-11-13-24(14-12-19)28(3,26)27/h4-10,15,19,21H,11-14H2,1-3H3,(H,23,25)/t21-/m1/s1. The molecule has 28 heavy (non-hydrogen) atoms. The molecule has 2 aromatic carbocycles. The minimum atomic E-state index is -3.19. The van der Waals surface area contributed by atoms with Crippen molar-refractivity contribution in [2.24, 2.45) is 5.92 Å². The fraction of sp³-hybridized carbons (Fsp3) is 0.409. The number of aryl methyl sites for hydroxylation is 2. The van der Waals surface area contributed by atoms with E-state index in [1.807, 2.05) is 30.3 Å². The molecule has 0 spiro atoms. The number of hydrogen-bond donors (Lipinski definition) is 1. The first-order valence-electron chi connectivity index (χ1n) is 9.63. The zero-order valence-corrected chi connectivity index (χ0v) is 17.5. The maximum atomic E-state index is 13.0. The second kappa shape index (κ2) is 8.45. The van der Waals surface area contributed by atoms with Crippen LogP contribution in [-0.4, -0.2) is 38.0 Å². The zero-order valence-electron chi connectivity index (χ0n) is 16.7. The number of benzene rings is 2. The van der Waals surface area contributed by atoms with Crippen LogP contribution in [-0.2, 0) is 14.8 Å². The maximum Gasteiger partial charge on any atom is 0.223 e. The summed E-state index contributed by atoms with van der Waals surface area (Å²) in [5.41, 5.74) is 4.45. The lowest BCUT2D eigenvalue weighted by molar-refractivity contribution is -0.126. The van der Waals surface area contributed by atoms with Gasteiger partial charge in [-0.25, -0.2) is 12.7 Å². The number of hydrogen-bond acceptors (Lipinski definition) is 3. The van der Waals surface area contributed by atoms with Gasteiger partial charge in [0.15, 0.2) is 0 Å². The van der Waals surface area contributed by atoms with Crippen LogP contribution in [0.15, 0.2) is 48.5 Å². The van der Waals surface area contributed by atoms with Crippen molar-refractivity contribution in [2.75, 3.05) is 19.3 Å². The molecule has 1 saturated heterocycles. The summed E-state index contributed by atoms with van der Waals surface area (Å²) in [6, 6.07) is 16.0. The molecule has 1 amide bonds. The molecule has 6 heteroatoms. The average molecular weight is 401 g/mol. The molecule has 5 nitrogen and oxygen atoms in total. The number of rotatable bonds is 5. The van der Waals surface area contributed by atoms with Crippen molar-refractivity contribution in [3.8, 4) is 0 Å². The molecular weight excluding hydrogens is 372 g/mol. The van der Waals surface area contributed by atoms with Gasteiger partial charge in [0.05, 0.1) is 12.3 Å². The van der Waals surface area contributed by atoms with Gasteiger partial charge in [0.2, 0.25) is 15.9 Å². The molecule has 3 rings (SSSR count). The van der Waals surface area contributed by atoms with Gasteiger partial charge in [-0.2, -0.15) is 0 Å². The van der Waals surface area contributed by atoms with Gasteiger partial charge in [-0.05, 0) is 43.4 Å². The summed E-state index contributed by atoms with van der Waals surface area (Å²) in [5.74, 6) is -0.183. The minimum Gasteiger partial charge on any atom is -0.345 e. The van der Waals surface area contributed by atoms with Crippen LogP contribution >= 0.6 is 0 Å². The Balaban J connectivity index is 1.80. The SMILES string of the molecule is Cc1ccc([C@H](NC(=O)C2CCN(S(C)(=O)=O)CC2)c2ccccc2)c(C)c1. The van der Waals surface area contributed by atoms with E-state index >= 15 is 0 Å². The van der Waals surface area contributed by atoms with E-state index in [0.717, 1.165) is 16.7 Å². The van der Waals surface area contributed by atoms with Gasteiger partial charge < -0.3 is 5.32 Å². The molecule has 0 saturated carbocycles. The summed E-state index contributed by atoms with van der Waals surface area (Å²) in [7, 11) is -3.19. The van der Waals surface area contributed by atoms with Crippen LogP contribution in [0.5, 0.6) is 0 Å². The summed E-state index contributed by atoms with van der Waals surface area (Å²) < 4.78 is 24.9. The molecule has 0 radical (unpaired) electrons. The van der Waals surface area contributed by atoms with Crippen LogP contribution < -0.4 is 5.32 Å². The maximum absolute atomic E-state index is 13.0. The number of amides is 1. The Labute approximate surface area is 167 Å². The quantitative estimate of drug-likeness (QED) is 0.838. The number of nitrogens with one attached hydrogen (secondary N) is 1. The van der Waals surface area contributed by atoms with E-state index in [1.54, 1.807) is 0 Å². The van der Waals surface area contributed by atoms with Gasteiger partial charge in [0, 0.05) is 19.0 Å². The van der Waals surface area contributed by atoms with Gasteiger partial charge in [0.1, 0.15) is 0 Å². The van der Waals surface area contributed by atoms with E-state index in [4.69, 9.17) is 0 Å². The molecule has 150 valence electrons. The Morgan fingerprint density at radius 2 is 1.71 bits per heavy atom. The highest BCUT2D eigenvalue weighted by atomic mass is 32.2. The Hall–Kier alpha value is -2.18. The molecule has 1 heterocycles. The molecule has 0 bridgehead atoms. The van der Waals surface area contributed by atoms with Crippen molar-refractivity contribution in [2.45, 2.75) is 32.7 Å². The van der Waals surface area contributed by atoms with E-state index < -0.39 is 10.0 Å². The fourth-order valence-corrected chi connectivity index (χ4v) is 4.72. The molecular formula is C22H28N2O3S. The Morgan fingerprint density at radius 1 is 1.07 bits per heavy atom. The highest BCUT2D eigenvalue weighted by molar-refractivity contribution is 7.88. The lowest BCUT2D eigenvalue weighted by Gasteiger charge is -2.31. The summed E-state index contributed by atoms with van der Waals surface area (Å²) in [6.07, 6.45) is 2.32. The third kappa shape index (κ3) is 4.80. The van der Waals surface area contributed by atoms with Crippen molar-refractivity contribution in [3.63, 3.8) is 0 Å². The Morgan fingerprint density at radius 3 is 2.29 bits per heavy atom. The summed E-state index contributed by atoms with van der Waals surface area (Å²) in [4.78, 5) is 13.0. The Bertz CT molecular complexity index is 934. The monoisotopic (exact) mass is 400 g/mol. The van der Waals surface area contributed by atoms with Crippen LogP contribution in [0.3, 0.4) is 0 Å². The summed E-state index contributed by atoms with van der Waals surface area (Å²) in [6.45, 7) is 4.92. The first-order chi connectivity index (χ1) is 13.3. The van der Waals surface area contributed by atoms with Gasteiger partial charge >= 0.3 is 0 Å². The van der Waals surface area contributed by atoms with E-state index in [-0.39, 0.29) is 17.9 Å². The van der Waals surface area contributed by atoms with Crippen LogP contribution in [0.1, 0.15) is 41.1 Å². The minimum absolute atomic E-state index is 0.0121. The van der Waals surface area contributed by atoms with E-state index in [2.05, 4.69) is 37.4 Å². The molecule has 1 aliphatic heterocycles. The van der Waals surface area contributed by atoms with E-state index in [1.165, 1.54) is 16.1 Å². The number of nitrogens with zero attached hydrogens (tertiary/aromatic N) is 1. The third-order valence-electron chi connectivity index (χ3n) is 5.45. The topological polar surface area (TPSA) is 66.5 Å². The van der Waals surface area contributed by atoms with Crippen molar-refractivity contribution in [1.29, 1.82) is 0 Å². The van der Waals surface area contributed by atoms with Crippen LogP contribution in [0, 0.1) is 19.8 Å². The van der Waals surface area contributed by atoms with Crippen LogP contribution in [0.4, 0.5) is 0 Å². The van der Waals surface area contributed by atoms with E-state index in [9.17, 15) is 13.2 Å². The predicted octanol–water partition coefficient (Wildman–Crippen LogP) is 3.18. The number of carbonyl (C=O) groups excluding carboxylic acids is 1. The third-order valence-corrected chi connectivity index (χ3v) is 6.75. The second-order valence-corrected chi connectivity index (χ2v) is 9.63. The molecule has 2 aromatic rings. The highest BCUT2D eigenvalue weighted by Gasteiger charge is 2.30. The molecule has 0 aliphatic carbocycles. The molecule has 0 aromatic heterocycles. The molecule has 1 atom stereocenters. The molecule has 0 unspecified atom stereocenters.